The lowest BCUT2D eigenvalue weighted by Crippen LogP contribution is -2.49. The molecule has 3 amide bonds. The topological polar surface area (TPSA) is 140 Å². The summed E-state index contributed by atoms with van der Waals surface area (Å²) in [5.41, 5.74) is 3.31. The first-order chi connectivity index (χ1) is 28.2. The number of aromatic nitrogens is 3. The Bertz CT molecular complexity index is 2190. The Morgan fingerprint density at radius 1 is 0.759 bits per heavy atom. The summed E-state index contributed by atoms with van der Waals surface area (Å²) in [7, 11) is 3.40. The van der Waals surface area contributed by atoms with Gasteiger partial charge in [0.1, 0.15) is 11.5 Å². The van der Waals surface area contributed by atoms with Crippen molar-refractivity contribution in [1.29, 1.82) is 0 Å². The van der Waals surface area contributed by atoms with E-state index in [9.17, 15) is 19.2 Å². The molecule has 1 N–H and O–H groups in total. The molecule has 3 aliphatic heterocycles. The van der Waals surface area contributed by atoms with E-state index >= 15 is 0 Å². The predicted octanol–water partition coefficient (Wildman–Crippen LogP) is 4.67. The van der Waals surface area contributed by atoms with Crippen LogP contribution in [0.25, 0.3) is 21.9 Å². The smallest absolute Gasteiger partial charge is 0.324 e. The largest absolute Gasteiger partial charge is 0.496 e. The molecule has 0 bridgehead atoms. The van der Waals surface area contributed by atoms with E-state index in [0.29, 0.717) is 30.6 Å². The number of nitrogens with zero attached hydrogens (tertiary/aromatic N) is 6. The number of fused-ring (bicyclic) bond motifs is 1. The van der Waals surface area contributed by atoms with Crippen molar-refractivity contribution < 1.29 is 23.8 Å². The molecule has 4 aromatic rings. The average Bonchev–Trinajstić information content (AvgIpc) is 3.24. The number of amides is 3. The van der Waals surface area contributed by atoms with Crippen LogP contribution in [0.4, 0.5) is 4.79 Å². The van der Waals surface area contributed by atoms with Crippen molar-refractivity contribution in [3.05, 3.63) is 87.0 Å². The third-order valence-corrected chi connectivity index (χ3v) is 11.9. The van der Waals surface area contributed by atoms with E-state index in [2.05, 4.69) is 33.1 Å². The fourth-order valence-corrected chi connectivity index (χ4v) is 8.49. The van der Waals surface area contributed by atoms with Crippen LogP contribution in [0.15, 0.2) is 64.7 Å². The van der Waals surface area contributed by atoms with Crippen LogP contribution >= 0.6 is 0 Å². The van der Waals surface area contributed by atoms with Gasteiger partial charge in [-0.2, -0.15) is 0 Å². The van der Waals surface area contributed by atoms with E-state index in [-0.39, 0.29) is 42.2 Å². The molecule has 6 heterocycles. The fraction of sp³-hybridized carbons (Fsp3) is 0.523. The number of unbranched alkanes of at least 4 members (excludes halogenated alkanes) is 1. The molecule has 3 saturated heterocycles. The highest BCUT2D eigenvalue weighted by molar-refractivity contribution is 5.97. The summed E-state index contributed by atoms with van der Waals surface area (Å²) >= 11 is 0. The van der Waals surface area contributed by atoms with E-state index in [1.54, 1.807) is 48.0 Å². The molecule has 0 radical (unpaired) electrons. The minimum Gasteiger partial charge on any atom is -0.496 e. The summed E-state index contributed by atoms with van der Waals surface area (Å²) in [6, 6.07) is 9.19. The second-order valence-corrected chi connectivity index (χ2v) is 15.7. The van der Waals surface area contributed by atoms with Crippen molar-refractivity contribution in [2.75, 3.05) is 60.0 Å². The van der Waals surface area contributed by atoms with Gasteiger partial charge >= 0.3 is 6.03 Å². The Kier molecular flexibility index (Phi) is 13.6. The van der Waals surface area contributed by atoms with E-state index in [1.165, 1.54) is 4.90 Å². The van der Waals surface area contributed by atoms with Gasteiger partial charge in [-0.1, -0.05) is 19.4 Å². The lowest BCUT2D eigenvalue weighted by molar-refractivity contribution is -0.121. The zero-order valence-electron chi connectivity index (χ0n) is 34.1. The molecule has 0 spiro atoms. The number of hydrogen-bond donors (Lipinski definition) is 1. The van der Waals surface area contributed by atoms with Gasteiger partial charge in [0.15, 0.2) is 0 Å². The van der Waals surface area contributed by atoms with Crippen molar-refractivity contribution in [3.63, 3.8) is 0 Å². The van der Waals surface area contributed by atoms with Gasteiger partial charge < -0.3 is 38.0 Å². The van der Waals surface area contributed by atoms with Crippen molar-refractivity contribution in [2.24, 2.45) is 0 Å². The summed E-state index contributed by atoms with van der Waals surface area (Å²) in [5, 5.41) is 3.76. The van der Waals surface area contributed by atoms with E-state index in [0.717, 1.165) is 118 Å². The molecule has 0 atom stereocenters. The molecule has 1 aromatic carbocycles. The SMILES string of the molecule is CCCCn1cc(-c2cc(OC)c(CCN3CCC(OC4CCN(CCn5cccc(CN6CCC(=O)NC6=O)c5=O)CC4)CC3)cc2OC)c2ccncc2c1=O. The van der Waals surface area contributed by atoms with Gasteiger partial charge in [0, 0.05) is 107 Å². The number of aryl methyl sites for hydroxylation is 1. The lowest BCUT2D eigenvalue weighted by Gasteiger charge is -2.37. The number of hydrogen-bond acceptors (Lipinski definition) is 10. The number of benzene rings is 1. The number of rotatable bonds is 16. The van der Waals surface area contributed by atoms with Crippen molar-refractivity contribution in [3.8, 4) is 22.6 Å². The van der Waals surface area contributed by atoms with Gasteiger partial charge in [-0.3, -0.25) is 24.7 Å². The molecule has 14 heteroatoms. The molecular formula is C44H57N7O7. The highest BCUT2D eigenvalue weighted by atomic mass is 16.5. The maximum Gasteiger partial charge on any atom is 0.324 e. The molecule has 58 heavy (non-hydrogen) atoms. The summed E-state index contributed by atoms with van der Waals surface area (Å²) < 4.78 is 22.1. The Labute approximate surface area is 339 Å². The quantitative estimate of drug-likeness (QED) is 0.170. The molecule has 7 rings (SSSR count). The Hall–Kier alpha value is -5.05. The number of methoxy groups -OCH3 is 2. The minimum atomic E-state index is -0.448. The fourth-order valence-electron chi connectivity index (χ4n) is 8.49. The van der Waals surface area contributed by atoms with Crippen LogP contribution in [-0.4, -0.2) is 113 Å². The standard InChI is InChI=1S/C44H57N7O7/c1-4-5-16-50-30-38(35-8-15-45-28-37(35)43(50)54)36-27-39(56-2)31(26-40(36)57-3)9-18-47-19-10-33(11-20-47)58-34-12-21-48(22-13-34)24-25-49-17-6-7-32(42(49)53)29-51-23-14-41(52)46-44(51)55/h6-8,15,17,26-28,30,33-34H,4-5,9-14,16,18-25,29H2,1-3H3,(H,46,52,55). The minimum absolute atomic E-state index is 0.0298. The predicted molar refractivity (Wildman–Crippen MR) is 222 cm³/mol. The average molecular weight is 796 g/mol. The molecule has 0 saturated carbocycles. The first-order valence-electron chi connectivity index (χ1n) is 20.8. The Morgan fingerprint density at radius 2 is 1.48 bits per heavy atom. The zero-order valence-corrected chi connectivity index (χ0v) is 34.1. The summed E-state index contributed by atoms with van der Waals surface area (Å²) in [6.45, 7) is 9.35. The number of carbonyl (C=O) groups excluding carboxylic acids is 2. The van der Waals surface area contributed by atoms with Crippen LogP contribution in [0.3, 0.4) is 0 Å². The second kappa shape index (κ2) is 19.1. The summed E-state index contributed by atoms with van der Waals surface area (Å²) in [5.74, 6) is 1.27. The number of urea groups is 1. The van der Waals surface area contributed by atoms with Gasteiger partial charge in [0.05, 0.1) is 38.4 Å². The van der Waals surface area contributed by atoms with Gasteiger partial charge in [-0.05, 0) is 73.7 Å². The van der Waals surface area contributed by atoms with Crippen molar-refractivity contribution in [2.45, 2.75) is 90.1 Å². The van der Waals surface area contributed by atoms with Crippen LogP contribution in [0.5, 0.6) is 11.5 Å². The maximum absolute atomic E-state index is 13.3. The third kappa shape index (κ3) is 9.62. The highest BCUT2D eigenvalue weighted by Crippen LogP contribution is 2.39. The van der Waals surface area contributed by atoms with E-state index in [4.69, 9.17) is 14.2 Å². The molecule has 14 nitrogen and oxygen atoms in total. The van der Waals surface area contributed by atoms with E-state index in [1.807, 2.05) is 24.4 Å². The molecule has 0 aliphatic carbocycles. The molecule has 3 aromatic heterocycles. The number of nitrogens with one attached hydrogen (secondary N) is 1. The van der Waals surface area contributed by atoms with Gasteiger partial charge in [-0.25, -0.2) is 4.79 Å². The first-order valence-corrected chi connectivity index (χ1v) is 20.8. The maximum atomic E-state index is 13.3. The number of likely N-dealkylation sites (tertiary alicyclic amines) is 2. The van der Waals surface area contributed by atoms with E-state index < -0.39 is 6.03 Å². The number of pyridine rings is 3. The second-order valence-electron chi connectivity index (χ2n) is 15.7. The number of imide groups is 1. The Balaban J connectivity index is 0.878. The summed E-state index contributed by atoms with van der Waals surface area (Å²) in [6.07, 6.45) is 14.6. The number of piperidine rings is 2. The molecule has 3 aliphatic rings. The number of ether oxygens (including phenoxy) is 3. The lowest BCUT2D eigenvalue weighted by atomic mass is 9.97. The monoisotopic (exact) mass is 795 g/mol. The van der Waals surface area contributed by atoms with Gasteiger partial charge in [-0.15, -0.1) is 0 Å². The van der Waals surface area contributed by atoms with Crippen LogP contribution in [0.2, 0.25) is 0 Å². The molecule has 0 unspecified atom stereocenters. The van der Waals surface area contributed by atoms with Crippen LogP contribution < -0.4 is 25.9 Å². The van der Waals surface area contributed by atoms with Gasteiger partial charge in [0.25, 0.3) is 11.1 Å². The van der Waals surface area contributed by atoms with Crippen LogP contribution in [0.1, 0.15) is 63.0 Å². The van der Waals surface area contributed by atoms with Gasteiger partial charge in [0.2, 0.25) is 5.91 Å². The highest BCUT2D eigenvalue weighted by Gasteiger charge is 2.27. The normalized spacial score (nSPS) is 17.5. The number of carbonyl (C=O) groups is 2. The zero-order chi connectivity index (χ0) is 40.6. The molecule has 3 fully saturated rings. The third-order valence-electron chi connectivity index (χ3n) is 11.9. The van der Waals surface area contributed by atoms with Crippen molar-refractivity contribution >= 4 is 22.7 Å². The summed E-state index contributed by atoms with van der Waals surface area (Å²) in [4.78, 5) is 60.8. The van der Waals surface area contributed by atoms with Crippen LogP contribution in [0, 0.1) is 0 Å². The molecular weight excluding hydrogens is 739 g/mol. The molecule has 310 valence electrons. The Morgan fingerprint density at radius 3 is 2.17 bits per heavy atom. The van der Waals surface area contributed by atoms with Crippen LogP contribution in [-0.2, 0) is 35.6 Å². The first kappa shape index (κ1) is 41.1. The van der Waals surface area contributed by atoms with Crippen molar-refractivity contribution in [1.82, 2.24) is 34.1 Å².